The molecule has 0 aliphatic carbocycles. The number of para-hydroxylation sites is 2. The van der Waals surface area contributed by atoms with E-state index >= 15 is 0 Å². The number of hydrogen-bond donors (Lipinski definition) is 0. The van der Waals surface area contributed by atoms with E-state index in [4.69, 9.17) is 0 Å². The van der Waals surface area contributed by atoms with Crippen molar-refractivity contribution in [3.8, 4) is 16.8 Å². The minimum atomic E-state index is 1.14. The van der Waals surface area contributed by atoms with Gasteiger partial charge in [0.2, 0.25) is 0 Å². The van der Waals surface area contributed by atoms with Gasteiger partial charge in [0.05, 0.1) is 31.8 Å². The Bertz CT molecular complexity index is 3020. The lowest BCUT2D eigenvalue weighted by Gasteiger charge is -2.27. The molecule has 0 saturated heterocycles. The van der Waals surface area contributed by atoms with E-state index in [-0.39, 0.29) is 0 Å². The topological polar surface area (TPSA) is 8.17 Å². The summed E-state index contributed by atoms with van der Waals surface area (Å²) in [6.07, 6.45) is 0. The van der Waals surface area contributed by atoms with Crippen molar-refractivity contribution < 1.29 is 0 Å². The normalized spacial score (nSPS) is 11.8. The Hall–Kier alpha value is -6.20. The second-order valence-electron chi connectivity index (χ2n) is 13.3. The third-order valence-corrected chi connectivity index (χ3v) is 12.8. The van der Waals surface area contributed by atoms with Gasteiger partial charge in [0, 0.05) is 53.1 Å². The monoisotopic (exact) mass is 698 g/mol. The van der Waals surface area contributed by atoms with Gasteiger partial charge in [-0.05, 0) is 71.8 Å². The van der Waals surface area contributed by atoms with Crippen LogP contribution in [0.3, 0.4) is 0 Å². The first-order valence-electron chi connectivity index (χ1n) is 17.6. The van der Waals surface area contributed by atoms with Gasteiger partial charge in [0.15, 0.2) is 0 Å². The molecule has 0 radical (unpaired) electrons. The summed E-state index contributed by atoms with van der Waals surface area (Å²) < 4.78 is 7.60. The highest BCUT2D eigenvalue weighted by atomic mass is 32.1. The predicted octanol–water partition coefficient (Wildman–Crippen LogP) is 14.7. The quantitative estimate of drug-likeness (QED) is 0.174. The number of rotatable bonds is 5. The van der Waals surface area contributed by atoms with Crippen molar-refractivity contribution in [2.45, 2.75) is 0 Å². The first-order valence-corrected chi connectivity index (χ1v) is 19.2. The molecule has 3 heterocycles. The van der Waals surface area contributed by atoms with Crippen LogP contribution < -0.4 is 4.90 Å². The van der Waals surface area contributed by atoms with Gasteiger partial charge < -0.3 is 9.47 Å². The minimum Gasteiger partial charge on any atom is -0.309 e. The summed E-state index contributed by atoms with van der Waals surface area (Å²) in [6.45, 7) is 0. The molecule has 0 fully saturated rings. The van der Waals surface area contributed by atoms with Crippen LogP contribution in [0.25, 0.3) is 79.0 Å². The lowest BCUT2D eigenvalue weighted by atomic mass is 9.99. The van der Waals surface area contributed by atoms with E-state index in [1.807, 2.05) is 22.7 Å². The number of anilines is 3. The maximum Gasteiger partial charge on any atom is 0.0640 e. The first kappa shape index (κ1) is 29.5. The van der Waals surface area contributed by atoms with Crippen molar-refractivity contribution in [3.05, 3.63) is 182 Å². The number of thiophene rings is 2. The Kier molecular flexibility index (Phi) is 6.63. The lowest BCUT2D eigenvalue weighted by molar-refractivity contribution is 1.18. The van der Waals surface area contributed by atoms with E-state index in [1.54, 1.807) is 0 Å². The van der Waals surface area contributed by atoms with Gasteiger partial charge in [-0.2, -0.15) is 0 Å². The smallest absolute Gasteiger partial charge is 0.0640 e. The van der Waals surface area contributed by atoms with Gasteiger partial charge in [0.1, 0.15) is 0 Å². The molecule has 0 N–H and O–H groups in total. The van der Waals surface area contributed by atoms with Gasteiger partial charge >= 0.3 is 0 Å². The third kappa shape index (κ3) is 4.42. The number of nitrogens with zero attached hydrogens (tertiary/aromatic N) is 2. The van der Waals surface area contributed by atoms with E-state index < -0.39 is 0 Å². The maximum atomic E-state index is 2.49. The summed E-state index contributed by atoms with van der Waals surface area (Å²) in [5.74, 6) is 0. The van der Waals surface area contributed by atoms with Crippen molar-refractivity contribution in [1.29, 1.82) is 0 Å². The highest BCUT2D eigenvalue weighted by Crippen LogP contribution is 2.49. The number of benzene rings is 8. The second-order valence-corrected chi connectivity index (χ2v) is 15.4. The molecule has 0 amide bonds. The van der Waals surface area contributed by atoms with Crippen molar-refractivity contribution in [2.75, 3.05) is 4.90 Å². The van der Waals surface area contributed by atoms with E-state index in [9.17, 15) is 0 Å². The molecule has 2 nitrogen and oxygen atoms in total. The average Bonchev–Trinajstić information content (AvgIpc) is 3.89. The van der Waals surface area contributed by atoms with E-state index in [0.29, 0.717) is 0 Å². The molecule has 0 saturated carbocycles. The predicted molar refractivity (Wildman–Crippen MR) is 227 cm³/mol. The Morgan fingerprint density at radius 3 is 1.56 bits per heavy atom. The molecule has 11 rings (SSSR count). The van der Waals surface area contributed by atoms with Crippen LogP contribution in [-0.4, -0.2) is 4.57 Å². The standard InChI is InChI=1S/C48H30N2S2/c1-2-13-32(14-3-1)49-40-21-7-4-17-39(40)46-34(18-10-22-41(46)49)31-27-29-33(30-28-31)50(42-23-11-19-37-35-15-5-8-25-44(35)51-47(37)42)43-24-12-20-38-36-16-6-9-26-45(36)52-48(38)43/h1-30H. The van der Waals surface area contributed by atoms with Crippen LogP contribution in [0.1, 0.15) is 0 Å². The van der Waals surface area contributed by atoms with Gasteiger partial charge in [-0.3, -0.25) is 0 Å². The fraction of sp³-hybridized carbons (Fsp3) is 0. The van der Waals surface area contributed by atoms with E-state index in [2.05, 4.69) is 191 Å². The highest BCUT2D eigenvalue weighted by molar-refractivity contribution is 7.27. The number of aromatic nitrogens is 1. The Morgan fingerprint density at radius 1 is 0.385 bits per heavy atom. The summed E-state index contributed by atoms with van der Waals surface area (Å²) in [4.78, 5) is 2.49. The zero-order valence-corrected chi connectivity index (χ0v) is 29.7. The lowest BCUT2D eigenvalue weighted by Crippen LogP contribution is -2.10. The largest absolute Gasteiger partial charge is 0.309 e. The zero-order chi connectivity index (χ0) is 34.2. The highest BCUT2D eigenvalue weighted by Gasteiger charge is 2.22. The minimum absolute atomic E-state index is 1.14. The molecule has 4 heteroatoms. The molecule has 0 bridgehead atoms. The molecule has 0 atom stereocenters. The summed E-state index contributed by atoms with van der Waals surface area (Å²) in [7, 11) is 0. The van der Waals surface area contributed by atoms with Crippen molar-refractivity contribution in [3.63, 3.8) is 0 Å². The van der Waals surface area contributed by atoms with Crippen LogP contribution in [0.15, 0.2) is 182 Å². The van der Waals surface area contributed by atoms with Crippen molar-refractivity contribution in [2.24, 2.45) is 0 Å². The number of hydrogen-bond acceptors (Lipinski definition) is 3. The molecule has 0 aliphatic rings. The molecule has 0 spiro atoms. The third-order valence-electron chi connectivity index (χ3n) is 10.4. The van der Waals surface area contributed by atoms with Gasteiger partial charge in [-0.1, -0.05) is 121 Å². The van der Waals surface area contributed by atoms with Crippen LogP contribution >= 0.6 is 22.7 Å². The molecule has 0 aliphatic heterocycles. The molecule has 3 aromatic heterocycles. The Morgan fingerprint density at radius 2 is 0.904 bits per heavy atom. The fourth-order valence-electron chi connectivity index (χ4n) is 8.13. The summed E-state index contributed by atoms with van der Waals surface area (Å²) in [5.41, 5.74) is 9.56. The van der Waals surface area contributed by atoms with Gasteiger partial charge in [-0.15, -0.1) is 22.7 Å². The average molecular weight is 699 g/mol. The van der Waals surface area contributed by atoms with Crippen LogP contribution in [-0.2, 0) is 0 Å². The van der Waals surface area contributed by atoms with Crippen LogP contribution in [0, 0.1) is 0 Å². The summed E-state index contributed by atoms with van der Waals surface area (Å²) >= 11 is 3.76. The van der Waals surface area contributed by atoms with Crippen LogP contribution in [0.2, 0.25) is 0 Å². The molecular weight excluding hydrogens is 669 g/mol. The molecule has 244 valence electrons. The van der Waals surface area contributed by atoms with Crippen LogP contribution in [0.4, 0.5) is 17.1 Å². The fourth-order valence-corrected chi connectivity index (χ4v) is 10.5. The molecule has 8 aromatic carbocycles. The first-order chi connectivity index (χ1) is 25.8. The Labute approximate surface area is 308 Å². The molecule has 11 aromatic rings. The van der Waals surface area contributed by atoms with Crippen molar-refractivity contribution >= 4 is 102 Å². The molecule has 0 unspecified atom stereocenters. The molecule has 52 heavy (non-hydrogen) atoms. The summed E-state index contributed by atoms with van der Waals surface area (Å²) in [5, 5.41) is 7.74. The maximum absolute atomic E-state index is 2.49. The van der Waals surface area contributed by atoms with Crippen molar-refractivity contribution in [1.82, 2.24) is 4.57 Å². The van der Waals surface area contributed by atoms with Gasteiger partial charge in [-0.25, -0.2) is 0 Å². The van der Waals surface area contributed by atoms with E-state index in [0.717, 1.165) is 5.69 Å². The second kappa shape index (κ2) is 11.7. The molecular formula is C48H30N2S2. The van der Waals surface area contributed by atoms with Crippen LogP contribution in [0.5, 0.6) is 0 Å². The van der Waals surface area contributed by atoms with E-state index in [1.165, 1.54) is 90.3 Å². The Balaban J connectivity index is 1.13. The summed E-state index contributed by atoms with van der Waals surface area (Å²) in [6, 6.07) is 66.5. The number of fused-ring (bicyclic) bond motifs is 9. The SMILES string of the molecule is c1ccc(-n2c3ccccc3c3c(-c4ccc(N(c5cccc6c5sc5ccccc56)c5cccc6c5sc5ccccc56)cc4)cccc32)cc1. The zero-order valence-electron chi connectivity index (χ0n) is 28.0. The van der Waals surface area contributed by atoms with Gasteiger partial charge in [0.25, 0.3) is 0 Å².